The number of fused-ring (bicyclic) bond motifs is 2. The Hall–Kier alpha value is 0.277. The molecule has 4 nitrogen and oxygen atoms in total. The number of ether oxygens (including phenoxy) is 3. The first-order valence-electron chi connectivity index (χ1n) is 7.66. The molecule has 0 unspecified atom stereocenters. The van der Waals surface area contributed by atoms with Crippen LogP contribution in [0.2, 0.25) is 18.1 Å². The first kappa shape index (κ1) is 16.1. The smallest absolute Gasteiger partial charge is 0.231 e. The quantitative estimate of drug-likeness (QED) is 0.545. The fraction of sp³-hybridized carbons (Fsp3) is 0.867. The van der Waals surface area contributed by atoms with Gasteiger partial charge in [0.1, 0.15) is 12.2 Å². The van der Waals surface area contributed by atoms with E-state index in [0.717, 1.165) is 10.9 Å². The summed E-state index contributed by atoms with van der Waals surface area (Å²) in [5.74, 6) is -0.726. The Morgan fingerprint density at radius 2 is 1.90 bits per heavy atom. The normalized spacial score (nSPS) is 35.3. The van der Waals surface area contributed by atoms with E-state index in [4.69, 9.17) is 18.6 Å². The second-order valence-corrected chi connectivity index (χ2v) is 13.2. The number of rotatable bonds is 2. The number of halogens is 1. The highest BCUT2D eigenvalue weighted by Crippen LogP contribution is 2.51. The SMILES string of the molecule is CC(C)(C)[Si](C)(C)O[C@@H]1C=C(Br)C2(OCCCO2)[C@H]2O[C@@H]12. The molecule has 2 fully saturated rings. The van der Waals surface area contributed by atoms with Crippen LogP contribution in [-0.2, 0) is 18.6 Å². The van der Waals surface area contributed by atoms with Crippen molar-refractivity contribution in [3.05, 3.63) is 10.6 Å². The molecule has 0 radical (unpaired) electrons. The van der Waals surface area contributed by atoms with Crippen LogP contribution in [0.15, 0.2) is 10.6 Å². The minimum Gasteiger partial charge on any atom is -0.408 e. The van der Waals surface area contributed by atoms with Gasteiger partial charge in [-0.3, -0.25) is 0 Å². The van der Waals surface area contributed by atoms with E-state index in [2.05, 4.69) is 55.9 Å². The zero-order valence-electron chi connectivity index (χ0n) is 13.4. The highest BCUT2D eigenvalue weighted by molar-refractivity contribution is 9.11. The topological polar surface area (TPSA) is 40.2 Å². The van der Waals surface area contributed by atoms with Crippen molar-refractivity contribution >= 4 is 24.2 Å². The van der Waals surface area contributed by atoms with E-state index in [-0.39, 0.29) is 23.4 Å². The van der Waals surface area contributed by atoms with Crippen molar-refractivity contribution < 1.29 is 18.6 Å². The first-order chi connectivity index (χ1) is 9.67. The monoisotopic (exact) mass is 376 g/mol. The van der Waals surface area contributed by atoms with E-state index < -0.39 is 14.1 Å². The Kier molecular flexibility index (Phi) is 3.95. The third-order valence-electron chi connectivity index (χ3n) is 5.03. The van der Waals surface area contributed by atoms with Crippen LogP contribution in [-0.4, -0.2) is 45.6 Å². The molecule has 120 valence electrons. The van der Waals surface area contributed by atoms with Gasteiger partial charge in [-0.25, -0.2) is 0 Å². The standard InChI is InChI=1S/C15H25BrO4Si/c1-14(2,3)21(4,5)20-10-9-11(16)15(13-12(10)19-13)17-7-6-8-18-15/h9-10,12-13H,6-8H2,1-5H3/t10-,12+,13+/m1/s1. The molecule has 6 heteroatoms. The van der Waals surface area contributed by atoms with Gasteiger partial charge in [0, 0.05) is 0 Å². The average molecular weight is 377 g/mol. The fourth-order valence-electron chi connectivity index (χ4n) is 2.64. The molecule has 0 aromatic carbocycles. The molecule has 3 rings (SSSR count). The van der Waals surface area contributed by atoms with Gasteiger partial charge in [-0.15, -0.1) is 0 Å². The van der Waals surface area contributed by atoms with Crippen LogP contribution >= 0.6 is 15.9 Å². The molecule has 2 aliphatic heterocycles. The van der Waals surface area contributed by atoms with Crippen LogP contribution in [0.4, 0.5) is 0 Å². The van der Waals surface area contributed by atoms with Crippen LogP contribution in [0.1, 0.15) is 27.2 Å². The lowest BCUT2D eigenvalue weighted by Crippen LogP contribution is -2.52. The highest BCUT2D eigenvalue weighted by atomic mass is 79.9. The Labute approximate surface area is 136 Å². The summed E-state index contributed by atoms with van der Waals surface area (Å²) in [6.45, 7) is 12.7. The van der Waals surface area contributed by atoms with Crippen LogP contribution < -0.4 is 0 Å². The molecule has 0 N–H and O–H groups in total. The summed E-state index contributed by atoms with van der Waals surface area (Å²) in [6.07, 6.45) is 3.01. The lowest BCUT2D eigenvalue weighted by Gasteiger charge is -2.42. The van der Waals surface area contributed by atoms with Gasteiger partial charge in [0.2, 0.25) is 5.79 Å². The summed E-state index contributed by atoms with van der Waals surface area (Å²) < 4.78 is 25.1. The third kappa shape index (κ3) is 2.68. The van der Waals surface area contributed by atoms with Crippen molar-refractivity contribution in [3.8, 4) is 0 Å². The second kappa shape index (κ2) is 5.14. The fourth-order valence-corrected chi connectivity index (χ4v) is 4.59. The largest absolute Gasteiger partial charge is 0.408 e. The third-order valence-corrected chi connectivity index (χ3v) is 10.3. The molecular weight excluding hydrogens is 352 g/mol. The van der Waals surface area contributed by atoms with Gasteiger partial charge < -0.3 is 18.6 Å². The lowest BCUT2D eigenvalue weighted by molar-refractivity contribution is -0.248. The maximum atomic E-state index is 6.50. The Morgan fingerprint density at radius 3 is 2.48 bits per heavy atom. The Balaban J connectivity index is 1.79. The second-order valence-electron chi connectivity index (χ2n) is 7.60. The molecule has 2 heterocycles. The summed E-state index contributed by atoms with van der Waals surface area (Å²) in [7, 11) is -1.83. The van der Waals surface area contributed by atoms with E-state index in [1.165, 1.54) is 0 Å². The van der Waals surface area contributed by atoms with Gasteiger partial charge in [0.15, 0.2) is 8.32 Å². The first-order valence-corrected chi connectivity index (χ1v) is 11.4. The molecule has 0 amide bonds. The Bertz CT molecular complexity index is 451. The predicted molar refractivity (Wildman–Crippen MR) is 87.0 cm³/mol. The van der Waals surface area contributed by atoms with E-state index in [1.807, 2.05) is 0 Å². The van der Waals surface area contributed by atoms with Crippen LogP contribution in [0.25, 0.3) is 0 Å². The molecule has 0 saturated carbocycles. The summed E-state index contributed by atoms with van der Waals surface area (Å²) in [5.41, 5.74) is 0. The van der Waals surface area contributed by atoms with Crippen LogP contribution in [0.5, 0.6) is 0 Å². The minimum absolute atomic E-state index is 0.00924. The molecule has 2 saturated heterocycles. The maximum absolute atomic E-state index is 6.50. The predicted octanol–water partition coefficient (Wildman–Crippen LogP) is 3.57. The molecule has 0 bridgehead atoms. The molecule has 3 aliphatic rings. The van der Waals surface area contributed by atoms with Gasteiger partial charge in [-0.05, 0) is 46.6 Å². The minimum atomic E-state index is -1.83. The van der Waals surface area contributed by atoms with Gasteiger partial charge in [-0.1, -0.05) is 20.8 Å². The maximum Gasteiger partial charge on any atom is 0.231 e. The van der Waals surface area contributed by atoms with Crippen molar-refractivity contribution in [2.45, 2.75) is 69.4 Å². The number of hydrogen-bond acceptors (Lipinski definition) is 4. The van der Waals surface area contributed by atoms with Crippen LogP contribution in [0.3, 0.4) is 0 Å². The van der Waals surface area contributed by atoms with Crippen molar-refractivity contribution in [1.82, 2.24) is 0 Å². The summed E-state index contributed by atoms with van der Waals surface area (Å²) >= 11 is 3.64. The van der Waals surface area contributed by atoms with Crippen LogP contribution in [0, 0.1) is 0 Å². The van der Waals surface area contributed by atoms with Gasteiger partial charge in [0.05, 0.1) is 23.8 Å². The van der Waals surface area contributed by atoms with E-state index >= 15 is 0 Å². The van der Waals surface area contributed by atoms with Crippen molar-refractivity contribution in [3.63, 3.8) is 0 Å². The highest BCUT2D eigenvalue weighted by Gasteiger charge is 2.65. The molecule has 21 heavy (non-hydrogen) atoms. The number of epoxide rings is 1. The van der Waals surface area contributed by atoms with E-state index in [1.54, 1.807) is 0 Å². The molecular formula is C15H25BrO4Si. The zero-order valence-corrected chi connectivity index (χ0v) is 16.0. The zero-order chi connectivity index (χ0) is 15.5. The molecule has 0 aromatic rings. The van der Waals surface area contributed by atoms with Crippen molar-refractivity contribution in [2.24, 2.45) is 0 Å². The molecule has 0 aromatic heterocycles. The summed E-state index contributed by atoms with van der Waals surface area (Å²) in [4.78, 5) is 0. The van der Waals surface area contributed by atoms with Crippen molar-refractivity contribution in [1.29, 1.82) is 0 Å². The molecule has 1 spiro atoms. The van der Waals surface area contributed by atoms with Gasteiger partial charge >= 0.3 is 0 Å². The Morgan fingerprint density at radius 1 is 1.29 bits per heavy atom. The van der Waals surface area contributed by atoms with Gasteiger partial charge in [-0.2, -0.15) is 0 Å². The van der Waals surface area contributed by atoms with E-state index in [0.29, 0.717) is 13.2 Å². The van der Waals surface area contributed by atoms with Gasteiger partial charge in [0.25, 0.3) is 0 Å². The molecule has 1 aliphatic carbocycles. The summed E-state index contributed by atoms with van der Waals surface area (Å²) in [6, 6.07) is 0. The lowest BCUT2D eigenvalue weighted by atomic mass is 9.98. The summed E-state index contributed by atoms with van der Waals surface area (Å²) in [5, 5.41) is 0.185. The van der Waals surface area contributed by atoms with Crippen molar-refractivity contribution in [2.75, 3.05) is 13.2 Å². The average Bonchev–Trinajstić information content (AvgIpc) is 3.17. The van der Waals surface area contributed by atoms with E-state index in [9.17, 15) is 0 Å². The number of hydrogen-bond donors (Lipinski definition) is 0. The molecule has 3 atom stereocenters.